The van der Waals surface area contributed by atoms with Crippen LogP contribution in [0, 0.1) is 17.6 Å². The fraction of sp³-hybridized carbons (Fsp3) is 0.333. The second-order valence-electron chi connectivity index (χ2n) is 6.25. The van der Waals surface area contributed by atoms with Crippen LogP contribution in [-0.4, -0.2) is 27.6 Å². The van der Waals surface area contributed by atoms with E-state index in [4.69, 9.17) is 0 Å². The highest BCUT2D eigenvalue weighted by molar-refractivity contribution is 5.80. The van der Waals surface area contributed by atoms with Gasteiger partial charge in [-0.05, 0) is 44.0 Å². The van der Waals surface area contributed by atoms with Crippen LogP contribution in [0.1, 0.15) is 12.8 Å². The molecule has 124 valence electrons. The van der Waals surface area contributed by atoms with Crippen molar-refractivity contribution in [2.45, 2.75) is 19.4 Å². The van der Waals surface area contributed by atoms with Gasteiger partial charge in [-0.2, -0.15) is 0 Å². The minimum Gasteiger partial charge on any atom is -0.324 e. The standard InChI is InChI=1S/C18H18F2N4/c19-14-8-16-17(9-15(14)20)24(11-12-2-1-5-22-10-12)18(23-16)13-3-6-21-7-4-13/h3-4,6-9,12,22H,1-2,5,10-11H2. The molecular weight excluding hydrogens is 310 g/mol. The Kier molecular flexibility index (Phi) is 3.98. The first kappa shape index (κ1) is 15.2. The Hall–Kier alpha value is -2.34. The van der Waals surface area contributed by atoms with Crippen LogP contribution in [0.4, 0.5) is 8.78 Å². The molecule has 1 aliphatic rings. The molecule has 0 aliphatic carbocycles. The first-order valence-corrected chi connectivity index (χ1v) is 8.19. The Morgan fingerprint density at radius 1 is 1.17 bits per heavy atom. The number of hydrogen-bond acceptors (Lipinski definition) is 3. The van der Waals surface area contributed by atoms with E-state index in [-0.39, 0.29) is 0 Å². The molecule has 1 atom stereocenters. The molecule has 0 amide bonds. The Labute approximate surface area is 138 Å². The smallest absolute Gasteiger partial charge is 0.161 e. The molecule has 1 aromatic carbocycles. The Bertz CT molecular complexity index is 854. The molecule has 0 radical (unpaired) electrons. The quantitative estimate of drug-likeness (QED) is 0.801. The average molecular weight is 328 g/mol. The predicted molar refractivity (Wildman–Crippen MR) is 88.5 cm³/mol. The van der Waals surface area contributed by atoms with E-state index < -0.39 is 11.6 Å². The summed E-state index contributed by atoms with van der Waals surface area (Å²) in [5, 5.41) is 3.40. The first-order chi connectivity index (χ1) is 11.7. The van der Waals surface area contributed by atoms with Crippen molar-refractivity contribution in [2.24, 2.45) is 5.92 Å². The van der Waals surface area contributed by atoms with Gasteiger partial charge in [-0.15, -0.1) is 0 Å². The number of hydrogen-bond donors (Lipinski definition) is 1. The number of imidazole rings is 1. The number of piperidine rings is 1. The number of nitrogens with one attached hydrogen (secondary N) is 1. The molecule has 1 N–H and O–H groups in total. The fourth-order valence-electron chi connectivity index (χ4n) is 3.36. The van der Waals surface area contributed by atoms with Crippen molar-refractivity contribution in [3.63, 3.8) is 0 Å². The minimum atomic E-state index is -0.868. The molecule has 0 bridgehead atoms. The molecule has 3 heterocycles. The molecular formula is C18H18F2N4. The third kappa shape index (κ3) is 2.78. The van der Waals surface area contributed by atoms with Gasteiger partial charge in [0.05, 0.1) is 11.0 Å². The third-order valence-corrected chi connectivity index (χ3v) is 4.57. The lowest BCUT2D eigenvalue weighted by Crippen LogP contribution is -2.32. The summed E-state index contributed by atoms with van der Waals surface area (Å²) in [6.45, 7) is 2.70. The highest BCUT2D eigenvalue weighted by atomic mass is 19.2. The lowest BCUT2D eigenvalue weighted by molar-refractivity contribution is 0.341. The van der Waals surface area contributed by atoms with Crippen LogP contribution in [0.25, 0.3) is 22.4 Å². The van der Waals surface area contributed by atoms with Crippen LogP contribution in [0.3, 0.4) is 0 Å². The molecule has 3 aromatic rings. The van der Waals surface area contributed by atoms with Crippen LogP contribution in [0.5, 0.6) is 0 Å². The van der Waals surface area contributed by atoms with Crippen molar-refractivity contribution in [1.29, 1.82) is 0 Å². The van der Waals surface area contributed by atoms with Gasteiger partial charge in [0.2, 0.25) is 0 Å². The van der Waals surface area contributed by atoms with Gasteiger partial charge in [-0.3, -0.25) is 4.98 Å². The Morgan fingerprint density at radius 3 is 2.71 bits per heavy atom. The largest absolute Gasteiger partial charge is 0.324 e. The average Bonchev–Trinajstić information content (AvgIpc) is 2.95. The van der Waals surface area contributed by atoms with E-state index in [0.717, 1.165) is 43.9 Å². The Morgan fingerprint density at radius 2 is 1.96 bits per heavy atom. The van der Waals surface area contributed by atoms with Crippen molar-refractivity contribution >= 4 is 11.0 Å². The second-order valence-corrected chi connectivity index (χ2v) is 6.25. The minimum absolute atomic E-state index is 0.449. The summed E-state index contributed by atoms with van der Waals surface area (Å²) >= 11 is 0. The molecule has 0 saturated carbocycles. The predicted octanol–water partition coefficient (Wildman–Crippen LogP) is 3.38. The number of fused-ring (bicyclic) bond motifs is 1. The van der Waals surface area contributed by atoms with Crippen molar-refractivity contribution in [3.8, 4) is 11.4 Å². The molecule has 1 fully saturated rings. The highest BCUT2D eigenvalue weighted by Gasteiger charge is 2.20. The fourth-order valence-corrected chi connectivity index (χ4v) is 3.36. The SMILES string of the molecule is Fc1cc2nc(-c3ccncc3)n(CC3CCCNC3)c2cc1F. The van der Waals surface area contributed by atoms with Crippen LogP contribution in [0.2, 0.25) is 0 Å². The molecule has 1 aliphatic heterocycles. The van der Waals surface area contributed by atoms with Gasteiger partial charge >= 0.3 is 0 Å². The van der Waals surface area contributed by atoms with Gasteiger partial charge < -0.3 is 9.88 Å². The third-order valence-electron chi connectivity index (χ3n) is 4.57. The topological polar surface area (TPSA) is 42.7 Å². The molecule has 1 unspecified atom stereocenters. The van der Waals surface area contributed by atoms with Gasteiger partial charge in [-0.1, -0.05) is 0 Å². The molecule has 6 heteroatoms. The van der Waals surface area contributed by atoms with E-state index in [0.29, 0.717) is 17.0 Å². The van der Waals surface area contributed by atoms with Crippen molar-refractivity contribution in [2.75, 3.05) is 13.1 Å². The van der Waals surface area contributed by atoms with Gasteiger partial charge in [0.25, 0.3) is 0 Å². The Balaban J connectivity index is 1.85. The number of nitrogens with zero attached hydrogens (tertiary/aromatic N) is 3. The monoisotopic (exact) mass is 328 g/mol. The van der Waals surface area contributed by atoms with Crippen molar-refractivity contribution in [3.05, 3.63) is 48.3 Å². The van der Waals surface area contributed by atoms with E-state index in [2.05, 4.69) is 15.3 Å². The number of pyridine rings is 1. The molecule has 4 rings (SSSR count). The zero-order chi connectivity index (χ0) is 16.5. The van der Waals surface area contributed by atoms with Gasteiger partial charge in [0.1, 0.15) is 5.82 Å². The molecule has 0 spiro atoms. The molecule has 24 heavy (non-hydrogen) atoms. The van der Waals surface area contributed by atoms with E-state index in [1.165, 1.54) is 12.1 Å². The number of aromatic nitrogens is 3. The number of benzene rings is 1. The molecule has 2 aromatic heterocycles. The maximum atomic E-state index is 13.8. The van der Waals surface area contributed by atoms with Crippen molar-refractivity contribution < 1.29 is 8.78 Å². The zero-order valence-electron chi connectivity index (χ0n) is 13.2. The first-order valence-electron chi connectivity index (χ1n) is 8.19. The summed E-state index contributed by atoms with van der Waals surface area (Å²) in [7, 11) is 0. The van der Waals surface area contributed by atoms with Gasteiger partial charge in [0, 0.05) is 36.6 Å². The number of rotatable bonds is 3. The van der Waals surface area contributed by atoms with Gasteiger partial charge in [-0.25, -0.2) is 13.8 Å². The lowest BCUT2D eigenvalue weighted by Gasteiger charge is -2.24. The highest BCUT2D eigenvalue weighted by Crippen LogP contribution is 2.28. The van der Waals surface area contributed by atoms with E-state index in [1.54, 1.807) is 12.4 Å². The van der Waals surface area contributed by atoms with Crippen LogP contribution < -0.4 is 5.32 Å². The maximum absolute atomic E-state index is 13.8. The molecule has 4 nitrogen and oxygen atoms in total. The van der Waals surface area contributed by atoms with Crippen molar-refractivity contribution in [1.82, 2.24) is 19.9 Å². The normalized spacial score (nSPS) is 18.2. The molecule has 1 saturated heterocycles. The van der Waals surface area contributed by atoms with E-state index in [1.807, 2.05) is 16.7 Å². The zero-order valence-corrected chi connectivity index (χ0v) is 13.2. The summed E-state index contributed by atoms with van der Waals surface area (Å²) in [6, 6.07) is 6.15. The summed E-state index contributed by atoms with van der Waals surface area (Å²) in [5.74, 6) is -0.535. The van der Waals surface area contributed by atoms with Crippen LogP contribution in [-0.2, 0) is 6.54 Å². The maximum Gasteiger partial charge on any atom is 0.161 e. The van der Waals surface area contributed by atoms with Crippen LogP contribution in [0.15, 0.2) is 36.7 Å². The van der Waals surface area contributed by atoms with E-state index >= 15 is 0 Å². The summed E-state index contributed by atoms with van der Waals surface area (Å²) in [6.07, 6.45) is 5.64. The van der Waals surface area contributed by atoms with Gasteiger partial charge in [0.15, 0.2) is 11.6 Å². The number of halogens is 2. The lowest BCUT2D eigenvalue weighted by atomic mass is 9.99. The van der Waals surface area contributed by atoms with Crippen LogP contribution >= 0.6 is 0 Å². The summed E-state index contributed by atoms with van der Waals surface area (Å²) in [5.41, 5.74) is 2.00. The second kappa shape index (κ2) is 6.28. The summed E-state index contributed by atoms with van der Waals surface area (Å²) in [4.78, 5) is 8.59. The van der Waals surface area contributed by atoms with E-state index in [9.17, 15) is 8.78 Å². The summed E-state index contributed by atoms with van der Waals surface area (Å²) < 4.78 is 29.4.